The summed E-state index contributed by atoms with van der Waals surface area (Å²) in [5.74, 6) is -0.803. The zero-order chi connectivity index (χ0) is 26.7. The molecule has 192 valence electrons. The Hall–Kier alpha value is -4.73. The quantitative estimate of drug-likeness (QED) is 0.328. The average Bonchev–Trinajstić information content (AvgIpc) is 3.38. The molecule has 4 N–H and O–H groups in total. The number of benzene rings is 1. The van der Waals surface area contributed by atoms with Gasteiger partial charge in [0.05, 0.1) is 53.7 Å². The molecule has 5 rings (SSSR count). The zero-order valence-corrected chi connectivity index (χ0v) is 20.4. The van der Waals surface area contributed by atoms with Crippen LogP contribution in [0.4, 0.5) is 5.95 Å². The van der Waals surface area contributed by atoms with Crippen LogP contribution in [0.15, 0.2) is 54.7 Å². The number of nitrogens with zero attached hydrogens (tertiary/aromatic N) is 8. The van der Waals surface area contributed by atoms with Crippen molar-refractivity contribution in [2.45, 2.75) is 25.0 Å². The Balaban J connectivity index is 1.33. The van der Waals surface area contributed by atoms with Crippen LogP contribution in [0, 0.1) is 11.3 Å². The van der Waals surface area contributed by atoms with E-state index in [2.05, 4.69) is 31.3 Å². The Bertz CT molecular complexity index is 1520. The van der Waals surface area contributed by atoms with Crippen molar-refractivity contribution in [3.63, 3.8) is 0 Å². The molecular formula is C26H25N9O3. The number of hydrogen-bond donors (Lipinski definition) is 3. The highest BCUT2D eigenvalue weighted by Crippen LogP contribution is 2.32. The van der Waals surface area contributed by atoms with Crippen LogP contribution < -0.4 is 5.73 Å². The fraction of sp³-hybridized carbons (Fsp3) is 0.269. The minimum Gasteiger partial charge on any atom is -0.480 e. The third kappa shape index (κ3) is 5.49. The lowest BCUT2D eigenvalue weighted by atomic mass is 9.87. The molecule has 0 spiro atoms. The average molecular weight is 512 g/mol. The van der Waals surface area contributed by atoms with Crippen LogP contribution in [-0.4, -0.2) is 70.7 Å². The maximum Gasteiger partial charge on any atom is 0.317 e. The van der Waals surface area contributed by atoms with Crippen molar-refractivity contribution in [1.82, 2.24) is 34.8 Å². The molecule has 38 heavy (non-hydrogen) atoms. The number of pyridine rings is 1. The monoisotopic (exact) mass is 511 g/mol. The summed E-state index contributed by atoms with van der Waals surface area (Å²) in [6, 6.07) is 16.4. The number of nitrogens with two attached hydrogens (primary N) is 1. The highest BCUT2D eigenvalue weighted by atomic mass is 16.4. The zero-order valence-electron chi connectivity index (χ0n) is 20.4. The van der Waals surface area contributed by atoms with Gasteiger partial charge in [-0.25, -0.2) is 14.6 Å². The first kappa shape index (κ1) is 24.9. The molecule has 0 saturated carbocycles. The van der Waals surface area contributed by atoms with Crippen molar-refractivity contribution < 1.29 is 15.0 Å². The molecule has 4 aromatic rings. The highest BCUT2D eigenvalue weighted by molar-refractivity contribution is 5.69. The smallest absolute Gasteiger partial charge is 0.317 e. The fourth-order valence-corrected chi connectivity index (χ4v) is 4.51. The van der Waals surface area contributed by atoms with E-state index in [0.29, 0.717) is 66.5 Å². The summed E-state index contributed by atoms with van der Waals surface area (Å²) >= 11 is 0. The highest BCUT2D eigenvalue weighted by Gasteiger charge is 2.35. The van der Waals surface area contributed by atoms with Crippen LogP contribution in [0.25, 0.3) is 22.6 Å². The lowest BCUT2D eigenvalue weighted by Crippen LogP contribution is -2.44. The van der Waals surface area contributed by atoms with Gasteiger partial charge in [0.15, 0.2) is 0 Å². The summed E-state index contributed by atoms with van der Waals surface area (Å²) in [7, 11) is 0. The molecule has 1 fully saturated rings. The molecule has 0 atom stereocenters. The van der Waals surface area contributed by atoms with E-state index in [9.17, 15) is 15.2 Å². The van der Waals surface area contributed by atoms with Gasteiger partial charge in [0.2, 0.25) is 5.95 Å². The number of nitrogen functional groups attached to an aromatic ring is 1. The fourth-order valence-electron chi connectivity index (χ4n) is 4.51. The standard InChI is InChI=1S/C26H25N9O3/c27-13-17-3-1-4-18(11-17)20-12-21(31-25(28)30-20)22-15-35(33-32-22)14-19-5-2-6-23(29-19)26(38)7-9-34(10-8-26)16-24(36)37/h1-6,11-12,15,38H,7-10,14,16H2,(H,36,37)(H2,28,30,31). The number of anilines is 1. The summed E-state index contributed by atoms with van der Waals surface area (Å²) in [6.07, 6.45) is 2.53. The van der Waals surface area contributed by atoms with Gasteiger partial charge in [0.1, 0.15) is 11.3 Å². The molecule has 12 nitrogen and oxygen atoms in total. The molecule has 12 heteroatoms. The van der Waals surface area contributed by atoms with Crippen LogP contribution in [0.5, 0.6) is 0 Å². The Kier molecular flexibility index (Phi) is 6.78. The number of piperidine rings is 1. The van der Waals surface area contributed by atoms with Crippen LogP contribution in [0.1, 0.15) is 29.8 Å². The third-order valence-electron chi connectivity index (χ3n) is 6.48. The number of hydrogen-bond acceptors (Lipinski definition) is 10. The van der Waals surface area contributed by atoms with Crippen LogP contribution >= 0.6 is 0 Å². The molecule has 3 aromatic heterocycles. The van der Waals surface area contributed by atoms with Crippen molar-refractivity contribution in [3.8, 4) is 28.7 Å². The predicted molar refractivity (Wildman–Crippen MR) is 136 cm³/mol. The first-order valence-electron chi connectivity index (χ1n) is 12.0. The molecule has 0 bridgehead atoms. The van der Waals surface area contributed by atoms with E-state index in [0.717, 1.165) is 5.56 Å². The van der Waals surface area contributed by atoms with Gasteiger partial charge in [0, 0.05) is 18.7 Å². The molecule has 0 radical (unpaired) electrons. The molecule has 1 aliphatic heterocycles. The number of aliphatic hydroxyl groups is 1. The van der Waals surface area contributed by atoms with E-state index in [1.54, 1.807) is 41.2 Å². The largest absolute Gasteiger partial charge is 0.480 e. The molecule has 4 heterocycles. The molecule has 1 aliphatic rings. The van der Waals surface area contributed by atoms with Gasteiger partial charge in [-0.2, -0.15) is 5.26 Å². The van der Waals surface area contributed by atoms with Crippen molar-refractivity contribution in [2.75, 3.05) is 25.4 Å². The van der Waals surface area contributed by atoms with Gasteiger partial charge < -0.3 is 15.9 Å². The van der Waals surface area contributed by atoms with Crippen LogP contribution in [-0.2, 0) is 16.9 Å². The summed E-state index contributed by atoms with van der Waals surface area (Å²) in [4.78, 5) is 26.0. The Morgan fingerprint density at radius 2 is 1.82 bits per heavy atom. The second-order valence-corrected chi connectivity index (χ2v) is 9.21. The lowest BCUT2D eigenvalue weighted by molar-refractivity contribution is -0.139. The number of aromatic nitrogens is 6. The van der Waals surface area contributed by atoms with E-state index in [1.807, 2.05) is 23.1 Å². The lowest BCUT2D eigenvalue weighted by Gasteiger charge is -2.37. The predicted octanol–water partition coefficient (Wildman–Crippen LogP) is 1.67. The third-order valence-corrected chi connectivity index (χ3v) is 6.48. The van der Waals surface area contributed by atoms with E-state index in [4.69, 9.17) is 10.8 Å². The number of aliphatic carboxylic acids is 1. The van der Waals surface area contributed by atoms with Crippen LogP contribution in [0.2, 0.25) is 0 Å². The minimum absolute atomic E-state index is 0.0378. The number of carboxylic acids is 1. The SMILES string of the molecule is N#Cc1cccc(-c2cc(-c3cn(Cc4cccc(C5(O)CCN(CC(=O)O)CC5)n4)nn3)nc(N)n2)c1. The summed E-state index contributed by atoms with van der Waals surface area (Å²) in [6.45, 7) is 1.24. The first-order valence-corrected chi connectivity index (χ1v) is 12.0. The van der Waals surface area contributed by atoms with Crippen molar-refractivity contribution in [1.29, 1.82) is 5.26 Å². The van der Waals surface area contributed by atoms with Crippen molar-refractivity contribution in [3.05, 3.63) is 71.7 Å². The maximum atomic E-state index is 11.2. The van der Waals surface area contributed by atoms with Gasteiger partial charge in [-0.05, 0) is 43.2 Å². The van der Waals surface area contributed by atoms with Gasteiger partial charge in [-0.1, -0.05) is 23.4 Å². The second-order valence-electron chi connectivity index (χ2n) is 9.21. The second kappa shape index (κ2) is 10.3. The van der Waals surface area contributed by atoms with Gasteiger partial charge in [-0.15, -0.1) is 5.10 Å². The van der Waals surface area contributed by atoms with E-state index < -0.39 is 11.6 Å². The normalized spacial score (nSPS) is 15.2. The Morgan fingerprint density at radius 1 is 1.05 bits per heavy atom. The number of likely N-dealkylation sites (tertiary alicyclic amines) is 1. The number of carboxylic acid groups (broad SMARTS) is 1. The number of nitriles is 1. The molecule has 0 unspecified atom stereocenters. The first-order chi connectivity index (χ1) is 18.3. The summed E-state index contributed by atoms with van der Waals surface area (Å²) < 4.78 is 1.62. The molecular weight excluding hydrogens is 486 g/mol. The van der Waals surface area contributed by atoms with Gasteiger partial charge >= 0.3 is 5.97 Å². The van der Waals surface area contributed by atoms with E-state index >= 15 is 0 Å². The van der Waals surface area contributed by atoms with Crippen LogP contribution in [0.3, 0.4) is 0 Å². The molecule has 0 amide bonds. The number of carbonyl (C=O) groups is 1. The van der Waals surface area contributed by atoms with Gasteiger partial charge in [-0.3, -0.25) is 14.7 Å². The molecule has 1 saturated heterocycles. The van der Waals surface area contributed by atoms with Gasteiger partial charge in [0.25, 0.3) is 0 Å². The Labute approximate surface area is 218 Å². The van der Waals surface area contributed by atoms with E-state index in [1.165, 1.54) is 0 Å². The Morgan fingerprint density at radius 3 is 2.58 bits per heavy atom. The maximum absolute atomic E-state index is 11.2. The van der Waals surface area contributed by atoms with E-state index in [-0.39, 0.29) is 12.5 Å². The topological polar surface area (TPSA) is 180 Å². The minimum atomic E-state index is -1.11. The van der Waals surface area contributed by atoms with Crippen molar-refractivity contribution in [2.24, 2.45) is 0 Å². The summed E-state index contributed by atoms with van der Waals surface area (Å²) in [5, 5.41) is 37.8. The molecule has 1 aromatic carbocycles. The number of rotatable bonds is 7. The molecule has 0 aliphatic carbocycles. The summed E-state index contributed by atoms with van der Waals surface area (Å²) in [5.41, 5.74) is 8.89. The van der Waals surface area contributed by atoms with Crippen molar-refractivity contribution >= 4 is 11.9 Å².